The fourth-order valence-electron chi connectivity index (χ4n) is 2.24. The molecule has 21 heavy (non-hydrogen) atoms. The zero-order valence-electron chi connectivity index (χ0n) is 11.2. The van der Waals surface area contributed by atoms with Gasteiger partial charge >= 0.3 is 0 Å². The number of benzene rings is 1. The Kier molecular flexibility index (Phi) is 5.23. The first-order chi connectivity index (χ1) is 9.74. The van der Waals surface area contributed by atoms with Gasteiger partial charge in [-0.3, -0.25) is 4.79 Å². The summed E-state index contributed by atoms with van der Waals surface area (Å²) in [4.78, 5) is 12.0. The minimum absolute atomic E-state index is 0.128. The Hall–Kier alpha value is -0.300. The van der Waals surface area contributed by atoms with E-state index in [4.69, 9.17) is 22.3 Å². The smallest absolute Gasteiger partial charge is 0.262 e. The van der Waals surface area contributed by atoms with E-state index in [9.17, 15) is 13.2 Å². The second-order valence-corrected chi connectivity index (χ2v) is 8.81. The minimum atomic E-state index is -3.98. The Bertz CT molecular complexity index is 678. The molecule has 0 saturated heterocycles. The summed E-state index contributed by atoms with van der Waals surface area (Å²) in [5.74, 6) is 0.177. The molecule has 1 saturated carbocycles. The van der Waals surface area contributed by atoms with Gasteiger partial charge in [-0.05, 0) is 46.8 Å². The Morgan fingerprint density at radius 1 is 1.48 bits per heavy atom. The van der Waals surface area contributed by atoms with Gasteiger partial charge in [0.05, 0.1) is 14.4 Å². The number of nitrogens with one attached hydrogen (secondary N) is 1. The van der Waals surface area contributed by atoms with E-state index in [0.29, 0.717) is 5.92 Å². The zero-order valence-corrected chi connectivity index (χ0v) is 15.1. The molecule has 0 radical (unpaired) electrons. The van der Waals surface area contributed by atoms with Crippen molar-refractivity contribution in [3.8, 4) is 0 Å². The molecule has 0 aliphatic heterocycles. The van der Waals surface area contributed by atoms with Crippen molar-refractivity contribution in [2.45, 2.75) is 37.1 Å². The third kappa shape index (κ3) is 4.12. The van der Waals surface area contributed by atoms with E-state index >= 15 is 0 Å². The van der Waals surface area contributed by atoms with Crippen molar-refractivity contribution in [3.63, 3.8) is 0 Å². The summed E-state index contributed by atoms with van der Waals surface area (Å²) in [6.07, 6.45) is 3.12. The Morgan fingerprint density at radius 2 is 2.14 bits per heavy atom. The first-order valence-corrected chi connectivity index (χ1v) is 9.96. The van der Waals surface area contributed by atoms with Gasteiger partial charge in [0.15, 0.2) is 0 Å². The summed E-state index contributed by atoms with van der Waals surface area (Å²) < 4.78 is 23.2. The number of hydrogen-bond acceptors (Lipinski definition) is 3. The second kappa shape index (κ2) is 6.44. The van der Waals surface area contributed by atoms with Crippen LogP contribution in [0.15, 0.2) is 21.5 Å². The number of amides is 1. The van der Waals surface area contributed by atoms with Crippen LogP contribution in [0, 0.1) is 5.92 Å². The largest absolute Gasteiger partial charge is 0.349 e. The fourth-order valence-corrected chi connectivity index (χ4v) is 4.62. The maximum absolute atomic E-state index is 12.2. The van der Waals surface area contributed by atoms with E-state index < -0.39 is 9.05 Å². The molecule has 8 heteroatoms. The van der Waals surface area contributed by atoms with Crippen molar-refractivity contribution < 1.29 is 13.2 Å². The highest BCUT2D eigenvalue weighted by Gasteiger charge is 2.37. The average molecular weight is 415 g/mol. The molecule has 1 fully saturated rings. The highest BCUT2D eigenvalue weighted by Crippen LogP contribution is 2.36. The topological polar surface area (TPSA) is 63.2 Å². The molecular weight excluding hydrogens is 401 g/mol. The quantitative estimate of drug-likeness (QED) is 0.742. The summed E-state index contributed by atoms with van der Waals surface area (Å²) in [6, 6.07) is 2.81. The maximum Gasteiger partial charge on any atom is 0.262 e. The lowest BCUT2D eigenvalue weighted by Gasteiger charge is -2.08. The van der Waals surface area contributed by atoms with Crippen LogP contribution in [0.1, 0.15) is 36.5 Å². The number of rotatable bonds is 5. The first kappa shape index (κ1) is 17.1. The van der Waals surface area contributed by atoms with Crippen LogP contribution in [0.3, 0.4) is 0 Å². The van der Waals surface area contributed by atoms with E-state index in [1.807, 2.05) is 0 Å². The van der Waals surface area contributed by atoms with E-state index in [1.54, 1.807) is 0 Å². The van der Waals surface area contributed by atoms with Gasteiger partial charge in [0.1, 0.15) is 0 Å². The van der Waals surface area contributed by atoms with Crippen LogP contribution >= 0.6 is 38.2 Å². The summed E-state index contributed by atoms with van der Waals surface area (Å²) in [5.41, 5.74) is 0.185. The van der Waals surface area contributed by atoms with E-state index in [-0.39, 0.29) is 31.9 Å². The third-order valence-electron chi connectivity index (χ3n) is 3.42. The molecule has 0 spiro atoms. The monoisotopic (exact) mass is 413 g/mol. The van der Waals surface area contributed by atoms with Gasteiger partial charge in [0.25, 0.3) is 15.0 Å². The van der Waals surface area contributed by atoms with Gasteiger partial charge in [0, 0.05) is 22.3 Å². The van der Waals surface area contributed by atoms with Gasteiger partial charge < -0.3 is 5.32 Å². The van der Waals surface area contributed by atoms with Crippen molar-refractivity contribution >= 4 is 53.2 Å². The third-order valence-corrected chi connectivity index (χ3v) is 6.41. The molecule has 0 heterocycles. The van der Waals surface area contributed by atoms with Gasteiger partial charge in [-0.1, -0.05) is 24.9 Å². The Balaban J connectivity index is 2.21. The summed E-state index contributed by atoms with van der Waals surface area (Å²) in [6.45, 7) is 2.10. The molecule has 1 aromatic carbocycles. The van der Waals surface area contributed by atoms with Crippen LogP contribution in [-0.2, 0) is 9.05 Å². The number of carbonyl (C=O) groups is 1. The maximum atomic E-state index is 12.2. The van der Waals surface area contributed by atoms with Crippen LogP contribution in [-0.4, -0.2) is 20.4 Å². The lowest BCUT2D eigenvalue weighted by molar-refractivity contribution is 0.0948. The molecule has 1 amide bonds. The zero-order chi connectivity index (χ0) is 15.8. The molecule has 2 atom stereocenters. The van der Waals surface area contributed by atoms with Crippen molar-refractivity contribution in [1.82, 2.24) is 5.32 Å². The molecule has 1 aromatic rings. The number of hydrogen-bond donors (Lipinski definition) is 1. The van der Waals surface area contributed by atoms with Crippen LogP contribution in [0.4, 0.5) is 0 Å². The molecule has 4 nitrogen and oxygen atoms in total. The molecule has 1 aliphatic rings. The van der Waals surface area contributed by atoms with Crippen molar-refractivity contribution in [2.24, 2.45) is 5.92 Å². The van der Waals surface area contributed by atoms with Gasteiger partial charge in [-0.2, -0.15) is 0 Å². The number of halogens is 3. The highest BCUT2D eigenvalue weighted by molar-refractivity contribution is 9.10. The molecular formula is C13H14BrCl2NO3S. The summed E-state index contributed by atoms with van der Waals surface area (Å²) >= 11 is 9.02. The number of carbonyl (C=O) groups excluding carboxylic acids is 1. The SMILES string of the molecule is CCCC1CC1NC(=O)c1cc(Cl)c(Br)c(S(=O)(=O)Cl)c1. The van der Waals surface area contributed by atoms with Gasteiger partial charge in [0.2, 0.25) is 0 Å². The van der Waals surface area contributed by atoms with E-state index in [2.05, 4.69) is 28.2 Å². The fraction of sp³-hybridized carbons (Fsp3) is 0.462. The van der Waals surface area contributed by atoms with Crippen LogP contribution < -0.4 is 5.32 Å². The first-order valence-electron chi connectivity index (χ1n) is 6.48. The molecule has 2 rings (SSSR count). The normalized spacial score (nSPS) is 21.1. The highest BCUT2D eigenvalue weighted by atomic mass is 79.9. The van der Waals surface area contributed by atoms with Gasteiger partial charge in [-0.25, -0.2) is 8.42 Å². The molecule has 1 aliphatic carbocycles. The van der Waals surface area contributed by atoms with Crippen LogP contribution in [0.2, 0.25) is 5.02 Å². The minimum Gasteiger partial charge on any atom is -0.349 e. The van der Waals surface area contributed by atoms with Crippen LogP contribution in [0.5, 0.6) is 0 Å². The van der Waals surface area contributed by atoms with E-state index in [1.165, 1.54) is 12.1 Å². The lowest BCUT2D eigenvalue weighted by Crippen LogP contribution is -2.27. The second-order valence-electron chi connectivity index (χ2n) is 5.07. The Labute approximate surface area is 141 Å². The molecule has 1 N–H and O–H groups in total. The average Bonchev–Trinajstić information content (AvgIpc) is 3.09. The van der Waals surface area contributed by atoms with Crippen LogP contribution in [0.25, 0.3) is 0 Å². The van der Waals surface area contributed by atoms with Crippen molar-refractivity contribution in [2.75, 3.05) is 0 Å². The van der Waals surface area contributed by atoms with E-state index in [0.717, 1.165) is 19.3 Å². The molecule has 0 aromatic heterocycles. The molecule has 2 unspecified atom stereocenters. The van der Waals surface area contributed by atoms with Crippen molar-refractivity contribution in [3.05, 3.63) is 27.2 Å². The lowest BCUT2D eigenvalue weighted by atomic mass is 10.2. The Morgan fingerprint density at radius 3 is 2.71 bits per heavy atom. The molecule has 0 bridgehead atoms. The standard InChI is InChI=1S/C13H14BrCl2NO3S/c1-2-3-7-5-10(7)17-13(18)8-4-9(15)12(14)11(6-8)21(16,19)20/h4,6-7,10H,2-3,5H2,1H3,(H,17,18). The predicted molar refractivity (Wildman–Crippen MR) is 86.5 cm³/mol. The van der Waals surface area contributed by atoms with Crippen molar-refractivity contribution in [1.29, 1.82) is 0 Å². The molecule has 116 valence electrons. The predicted octanol–water partition coefficient (Wildman–Crippen LogP) is 3.95. The van der Waals surface area contributed by atoms with Gasteiger partial charge in [-0.15, -0.1) is 0 Å². The summed E-state index contributed by atoms with van der Waals surface area (Å²) in [5, 5.41) is 3.01. The summed E-state index contributed by atoms with van der Waals surface area (Å²) in [7, 11) is 1.36.